The molecule has 0 unspecified atom stereocenters. The van der Waals surface area contributed by atoms with Gasteiger partial charge in [-0.05, 0) is 38.1 Å². The van der Waals surface area contributed by atoms with E-state index in [2.05, 4.69) is 15.0 Å². The molecule has 0 saturated carbocycles. The molecule has 0 bridgehead atoms. The van der Waals surface area contributed by atoms with E-state index in [4.69, 9.17) is 11.5 Å². The molecule has 1 aliphatic heterocycles. The second kappa shape index (κ2) is 6.38. The molecule has 2 rings (SSSR count). The predicted molar refractivity (Wildman–Crippen MR) is 80.1 cm³/mol. The van der Waals surface area contributed by atoms with Crippen LogP contribution in [0.25, 0.3) is 0 Å². The number of carbonyl (C=O) groups excluding carboxylic acids is 1. The standard InChI is InChI=1S/C14H20N4O2/c1-20-14(19)11-7-12(15)9(6-13(11)16)8-18-10-2-4-17-5-3-10/h6-8,10,17H,2-5,15-16H2,1H3. The van der Waals surface area contributed by atoms with E-state index in [9.17, 15) is 4.79 Å². The van der Waals surface area contributed by atoms with E-state index in [1.807, 2.05) is 0 Å². The number of aliphatic imine (C=N–C) groups is 1. The van der Waals surface area contributed by atoms with Gasteiger partial charge >= 0.3 is 5.97 Å². The molecule has 0 aromatic heterocycles. The highest BCUT2D eigenvalue weighted by molar-refractivity contribution is 5.99. The van der Waals surface area contributed by atoms with Crippen LogP contribution in [0.2, 0.25) is 0 Å². The molecular weight excluding hydrogens is 256 g/mol. The molecule has 6 nitrogen and oxygen atoms in total. The molecule has 1 aromatic carbocycles. The van der Waals surface area contributed by atoms with E-state index in [1.165, 1.54) is 13.2 Å². The number of nitrogens with two attached hydrogens (primary N) is 2. The van der Waals surface area contributed by atoms with E-state index < -0.39 is 5.97 Å². The van der Waals surface area contributed by atoms with Crippen LogP contribution < -0.4 is 16.8 Å². The number of benzene rings is 1. The number of carbonyl (C=O) groups is 1. The lowest BCUT2D eigenvalue weighted by atomic mass is 10.1. The number of nitrogens with one attached hydrogen (secondary N) is 1. The van der Waals surface area contributed by atoms with Crippen molar-refractivity contribution in [2.45, 2.75) is 18.9 Å². The maximum Gasteiger partial charge on any atom is 0.340 e. The summed E-state index contributed by atoms with van der Waals surface area (Å²) in [4.78, 5) is 16.0. The van der Waals surface area contributed by atoms with Crippen LogP contribution in [-0.2, 0) is 4.74 Å². The Labute approximate surface area is 118 Å². The smallest absolute Gasteiger partial charge is 0.340 e. The Balaban J connectivity index is 2.18. The second-order valence-electron chi connectivity index (χ2n) is 4.82. The molecule has 0 amide bonds. The maximum atomic E-state index is 11.5. The van der Waals surface area contributed by atoms with Gasteiger partial charge in [-0.15, -0.1) is 0 Å². The molecule has 1 fully saturated rings. The van der Waals surface area contributed by atoms with E-state index >= 15 is 0 Å². The van der Waals surface area contributed by atoms with E-state index in [-0.39, 0.29) is 5.56 Å². The number of methoxy groups -OCH3 is 1. The summed E-state index contributed by atoms with van der Waals surface area (Å²) >= 11 is 0. The molecule has 20 heavy (non-hydrogen) atoms. The minimum atomic E-state index is -0.490. The molecular formula is C14H20N4O2. The van der Waals surface area contributed by atoms with Crippen LogP contribution in [0.15, 0.2) is 17.1 Å². The van der Waals surface area contributed by atoms with Crippen molar-refractivity contribution in [3.05, 3.63) is 23.3 Å². The molecule has 0 spiro atoms. The first-order valence-corrected chi connectivity index (χ1v) is 6.63. The van der Waals surface area contributed by atoms with Gasteiger partial charge in [-0.2, -0.15) is 0 Å². The lowest BCUT2D eigenvalue weighted by molar-refractivity contribution is 0.0602. The third kappa shape index (κ3) is 3.27. The Bertz CT molecular complexity index is 522. The number of rotatable bonds is 3. The SMILES string of the molecule is COC(=O)c1cc(N)c(C=NC2CCNCC2)cc1N. The van der Waals surface area contributed by atoms with Crippen molar-refractivity contribution in [2.24, 2.45) is 4.99 Å². The van der Waals surface area contributed by atoms with Gasteiger partial charge in [0.25, 0.3) is 0 Å². The topological polar surface area (TPSA) is 103 Å². The highest BCUT2D eigenvalue weighted by atomic mass is 16.5. The number of piperidine rings is 1. The summed E-state index contributed by atoms with van der Waals surface area (Å²) in [6, 6.07) is 3.51. The lowest BCUT2D eigenvalue weighted by Gasteiger charge is -2.18. The number of hydrogen-bond donors (Lipinski definition) is 3. The molecule has 0 radical (unpaired) electrons. The van der Waals surface area contributed by atoms with Crippen LogP contribution in [-0.4, -0.2) is 38.4 Å². The van der Waals surface area contributed by atoms with Gasteiger partial charge in [-0.1, -0.05) is 0 Å². The van der Waals surface area contributed by atoms with Crippen LogP contribution in [0.3, 0.4) is 0 Å². The molecule has 1 saturated heterocycles. The number of nitrogen functional groups attached to an aromatic ring is 2. The summed E-state index contributed by atoms with van der Waals surface area (Å²) in [5, 5.41) is 3.29. The van der Waals surface area contributed by atoms with Crippen LogP contribution in [0, 0.1) is 0 Å². The summed E-state index contributed by atoms with van der Waals surface area (Å²) in [5.74, 6) is -0.490. The minimum Gasteiger partial charge on any atom is -0.465 e. The second-order valence-corrected chi connectivity index (χ2v) is 4.82. The van der Waals surface area contributed by atoms with E-state index in [1.54, 1.807) is 12.3 Å². The fourth-order valence-electron chi connectivity index (χ4n) is 2.19. The Morgan fingerprint density at radius 3 is 2.70 bits per heavy atom. The van der Waals surface area contributed by atoms with Crippen molar-refractivity contribution < 1.29 is 9.53 Å². The van der Waals surface area contributed by atoms with Gasteiger partial charge in [-0.25, -0.2) is 4.79 Å². The van der Waals surface area contributed by atoms with Crippen molar-refractivity contribution in [3.63, 3.8) is 0 Å². The molecule has 108 valence electrons. The monoisotopic (exact) mass is 276 g/mol. The van der Waals surface area contributed by atoms with Crippen LogP contribution in [0.5, 0.6) is 0 Å². The summed E-state index contributed by atoms with van der Waals surface area (Å²) in [7, 11) is 1.31. The van der Waals surface area contributed by atoms with E-state index in [0.29, 0.717) is 17.4 Å². The van der Waals surface area contributed by atoms with Crippen molar-refractivity contribution in [1.29, 1.82) is 0 Å². The normalized spacial score (nSPS) is 16.4. The maximum absolute atomic E-state index is 11.5. The summed E-state index contributed by atoms with van der Waals surface area (Å²) in [6.07, 6.45) is 3.78. The molecule has 0 atom stereocenters. The highest BCUT2D eigenvalue weighted by Crippen LogP contribution is 2.21. The molecule has 0 aliphatic carbocycles. The zero-order valence-electron chi connectivity index (χ0n) is 11.6. The molecule has 1 aliphatic rings. The number of esters is 1. The first-order chi connectivity index (χ1) is 9.61. The lowest BCUT2D eigenvalue weighted by Crippen LogP contribution is -2.29. The Kier molecular flexibility index (Phi) is 4.57. The molecule has 5 N–H and O–H groups in total. The van der Waals surface area contributed by atoms with Gasteiger partial charge in [0.15, 0.2) is 0 Å². The van der Waals surface area contributed by atoms with Gasteiger partial charge in [0.2, 0.25) is 0 Å². The summed E-state index contributed by atoms with van der Waals surface area (Å²) < 4.78 is 4.65. The average Bonchev–Trinajstić information content (AvgIpc) is 2.48. The first-order valence-electron chi connectivity index (χ1n) is 6.63. The number of ether oxygens (including phenoxy) is 1. The van der Waals surface area contributed by atoms with Gasteiger partial charge < -0.3 is 21.5 Å². The third-order valence-corrected chi connectivity index (χ3v) is 3.39. The number of nitrogens with zero attached hydrogens (tertiary/aromatic N) is 1. The Morgan fingerprint density at radius 1 is 1.35 bits per heavy atom. The van der Waals surface area contributed by atoms with Crippen molar-refractivity contribution in [3.8, 4) is 0 Å². The first kappa shape index (κ1) is 14.3. The van der Waals surface area contributed by atoms with Crippen LogP contribution in [0.1, 0.15) is 28.8 Å². The molecule has 1 heterocycles. The minimum absolute atomic E-state index is 0.281. The quantitative estimate of drug-likeness (QED) is 0.430. The van der Waals surface area contributed by atoms with Gasteiger partial charge in [0.1, 0.15) is 0 Å². The predicted octanol–water partition coefficient (Wildman–Crippen LogP) is 0.808. The van der Waals surface area contributed by atoms with E-state index in [0.717, 1.165) is 31.5 Å². The largest absolute Gasteiger partial charge is 0.465 e. The number of anilines is 2. The Hall–Kier alpha value is -2.08. The van der Waals surface area contributed by atoms with Gasteiger partial charge in [-0.3, -0.25) is 4.99 Å². The zero-order valence-corrected chi connectivity index (χ0v) is 11.6. The van der Waals surface area contributed by atoms with Crippen LogP contribution in [0.4, 0.5) is 11.4 Å². The fraction of sp³-hybridized carbons (Fsp3) is 0.429. The summed E-state index contributed by atoms with van der Waals surface area (Å²) in [5.41, 5.74) is 13.6. The van der Waals surface area contributed by atoms with Gasteiger partial charge in [0, 0.05) is 23.2 Å². The van der Waals surface area contributed by atoms with Crippen molar-refractivity contribution in [1.82, 2.24) is 5.32 Å². The van der Waals surface area contributed by atoms with Gasteiger partial charge in [0.05, 0.1) is 18.7 Å². The fourth-order valence-corrected chi connectivity index (χ4v) is 2.19. The number of hydrogen-bond acceptors (Lipinski definition) is 6. The Morgan fingerprint density at radius 2 is 2.05 bits per heavy atom. The molecule has 1 aromatic rings. The third-order valence-electron chi connectivity index (χ3n) is 3.39. The average molecular weight is 276 g/mol. The summed E-state index contributed by atoms with van der Waals surface area (Å²) in [6.45, 7) is 1.97. The van der Waals surface area contributed by atoms with Crippen molar-refractivity contribution >= 4 is 23.6 Å². The molecule has 6 heteroatoms. The zero-order chi connectivity index (χ0) is 14.5. The van der Waals surface area contributed by atoms with Crippen LogP contribution >= 0.6 is 0 Å². The van der Waals surface area contributed by atoms with Crippen molar-refractivity contribution in [2.75, 3.05) is 31.7 Å². The highest BCUT2D eigenvalue weighted by Gasteiger charge is 2.14.